The van der Waals surface area contributed by atoms with Crippen LogP contribution in [0.1, 0.15) is 88.6 Å². The summed E-state index contributed by atoms with van der Waals surface area (Å²) in [7, 11) is 0. The zero-order chi connectivity index (χ0) is 19.9. The first kappa shape index (κ1) is 23.2. The van der Waals surface area contributed by atoms with Crippen LogP contribution in [0.3, 0.4) is 0 Å². The Bertz CT molecular complexity index is 514. The number of aliphatic hydroxyl groups excluding tert-OH is 1. The lowest BCUT2D eigenvalue weighted by Gasteiger charge is -2.20. The lowest BCUT2D eigenvalue weighted by atomic mass is 10.1. The van der Waals surface area contributed by atoms with Crippen LogP contribution in [0.2, 0.25) is 0 Å². The van der Waals surface area contributed by atoms with Crippen molar-refractivity contribution in [2.75, 3.05) is 6.54 Å². The number of rotatable bonds is 15. The zero-order valence-electron chi connectivity index (χ0n) is 16.8. The molecule has 0 unspecified atom stereocenters. The standard InChI is InChI=1S/C21H36N2O4/c1-3-4-5-6-7-8-9-10-11-12-15-22-21(26)19(17(2)24)23-20(25)18-14-13-16-27-18/h13-14,16-17,19,24H,3-12,15H2,1-2H3,(H,22,26)(H,23,25)/t17-,19+/m1/s1. The first-order chi connectivity index (χ1) is 13.1. The highest BCUT2D eigenvalue weighted by Crippen LogP contribution is 2.10. The van der Waals surface area contributed by atoms with Crippen molar-refractivity contribution in [1.29, 1.82) is 0 Å². The maximum atomic E-state index is 12.2. The molecule has 6 heteroatoms. The molecule has 1 aromatic rings. The molecule has 1 heterocycles. The minimum Gasteiger partial charge on any atom is -0.459 e. The second kappa shape index (κ2) is 14.3. The fourth-order valence-electron chi connectivity index (χ4n) is 2.96. The summed E-state index contributed by atoms with van der Waals surface area (Å²) in [5.74, 6) is -0.774. The summed E-state index contributed by atoms with van der Waals surface area (Å²) in [6.07, 6.45) is 12.7. The number of nitrogens with one attached hydrogen (secondary N) is 2. The van der Waals surface area contributed by atoms with E-state index in [4.69, 9.17) is 4.42 Å². The Balaban J connectivity index is 2.13. The molecule has 0 spiro atoms. The minimum absolute atomic E-state index is 0.114. The van der Waals surface area contributed by atoms with E-state index in [1.54, 1.807) is 6.07 Å². The van der Waals surface area contributed by atoms with E-state index in [1.165, 1.54) is 70.6 Å². The van der Waals surface area contributed by atoms with E-state index in [2.05, 4.69) is 17.6 Å². The molecule has 27 heavy (non-hydrogen) atoms. The van der Waals surface area contributed by atoms with Crippen LogP contribution >= 0.6 is 0 Å². The summed E-state index contributed by atoms with van der Waals surface area (Å²) in [5.41, 5.74) is 0. The summed E-state index contributed by atoms with van der Waals surface area (Å²) in [6, 6.07) is 2.11. The molecule has 2 amide bonds. The molecule has 1 aromatic heterocycles. The summed E-state index contributed by atoms with van der Waals surface area (Å²) in [6.45, 7) is 4.26. The molecule has 0 radical (unpaired) electrons. The van der Waals surface area contributed by atoms with Gasteiger partial charge in [0, 0.05) is 6.54 Å². The van der Waals surface area contributed by atoms with Crippen molar-refractivity contribution in [2.45, 2.75) is 90.2 Å². The first-order valence-corrected chi connectivity index (χ1v) is 10.4. The number of carbonyl (C=O) groups excluding carboxylic acids is 2. The van der Waals surface area contributed by atoms with Crippen molar-refractivity contribution in [2.24, 2.45) is 0 Å². The van der Waals surface area contributed by atoms with Crippen LogP contribution in [0.5, 0.6) is 0 Å². The van der Waals surface area contributed by atoms with Gasteiger partial charge >= 0.3 is 0 Å². The monoisotopic (exact) mass is 380 g/mol. The highest BCUT2D eigenvalue weighted by molar-refractivity contribution is 5.95. The third kappa shape index (κ3) is 10.2. The van der Waals surface area contributed by atoms with Crippen molar-refractivity contribution in [1.82, 2.24) is 10.6 Å². The Morgan fingerprint density at radius 2 is 1.63 bits per heavy atom. The van der Waals surface area contributed by atoms with Crippen LogP contribution in [0.4, 0.5) is 0 Å². The lowest BCUT2D eigenvalue weighted by Crippen LogP contribution is -2.52. The molecule has 154 valence electrons. The van der Waals surface area contributed by atoms with Gasteiger partial charge in [-0.2, -0.15) is 0 Å². The predicted molar refractivity (Wildman–Crippen MR) is 106 cm³/mol. The van der Waals surface area contributed by atoms with Gasteiger partial charge in [0.25, 0.3) is 5.91 Å². The summed E-state index contributed by atoms with van der Waals surface area (Å²) < 4.78 is 5.00. The van der Waals surface area contributed by atoms with E-state index >= 15 is 0 Å². The van der Waals surface area contributed by atoms with Gasteiger partial charge in [-0.05, 0) is 25.5 Å². The predicted octanol–water partition coefficient (Wildman–Crippen LogP) is 3.80. The fraction of sp³-hybridized carbons (Fsp3) is 0.714. The van der Waals surface area contributed by atoms with E-state index in [1.807, 2.05) is 0 Å². The maximum absolute atomic E-state index is 12.2. The Morgan fingerprint density at radius 3 is 2.15 bits per heavy atom. The topological polar surface area (TPSA) is 91.6 Å². The van der Waals surface area contributed by atoms with Gasteiger partial charge in [0.1, 0.15) is 6.04 Å². The van der Waals surface area contributed by atoms with E-state index in [9.17, 15) is 14.7 Å². The Kier molecular flexibility index (Phi) is 12.3. The van der Waals surface area contributed by atoms with Crippen molar-refractivity contribution in [3.05, 3.63) is 24.2 Å². The van der Waals surface area contributed by atoms with Gasteiger partial charge in [-0.15, -0.1) is 0 Å². The number of aliphatic hydroxyl groups is 1. The number of carbonyl (C=O) groups is 2. The molecule has 0 aliphatic rings. The molecule has 0 fully saturated rings. The van der Waals surface area contributed by atoms with Gasteiger partial charge in [-0.25, -0.2) is 0 Å². The zero-order valence-corrected chi connectivity index (χ0v) is 16.8. The maximum Gasteiger partial charge on any atom is 0.287 e. The molecular formula is C21H36N2O4. The van der Waals surface area contributed by atoms with E-state index < -0.39 is 18.1 Å². The lowest BCUT2D eigenvalue weighted by molar-refractivity contribution is -0.125. The highest BCUT2D eigenvalue weighted by atomic mass is 16.3. The van der Waals surface area contributed by atoms with Crippen molar-refractivity contribution in [3.63, 3.8) is 0 Å². The summed E-state index contributed by atoms with van der Waals surface area (Å²) in [4.78, 5) is 24.2. The average Bonchev–Trinajstić information content (AvgIpc) is 3.18. The third-order valence-electron chi connectivity index (χ3n) is 4.63. The summed E-state index contributed by atoms with van der Waals surface area (Å²) >= 11 is 0. The van der Waals surface area contributed by atoms with Gasteiger partial charge < -0.3 is 20.2 Å². The highest BCUT2D eigenvalue weighted by Gasteiger charge is 2.26. The number of hydrogen-bond donors (Lipinski definition) is 3. The Hall–Kier alpha value is -1.82. The van der Waals surface area contributed by atoms with Crippen molar-refractivity contribution >= 4 is 11.8 Å². The van der Waals surface area contributed by atoms with Crippen LogP contribution in [0.25, 0.3) is 0 Å². The van der Waals surface area contributed by atoms with Crippen LogP contribution in [0, 0.1) is 0 Å². The number of amides is 2. The Labute approximate surface area is 163 Å². The Morgan fingerprint density at radius 1 is 1.04 bits per heavy atom. The van der Waals surface area contributed by atoms with Gasteiger partial charge in [-0.3, -0.25) is 9.59 Å². The third-order valence-corrected chi connectivity index (χ3v) is 4.63. The van der Waals surface area contributed by atoms with E-state index in [0.717, 1.165) is 12.8 Å². The molecular weight excluding hydrogens is 344 g/mol. The molecule has 0 aliphatic heterocycles. The SMILES string of the molecule is CCCCCCCCCCCCNC(=O)[C@@H](NC(=O)c1ccco1)[C@@H](C)O. The first-order valence-electron chi connectivity index (χ1n) is 10.4. The fourth-order valence-corrected chi connectivity index (χ4v) is 2.96. The van der Waals surface area contributed by atoms with E-state index in [-0.39, 0.29) is 11.7 Å². The molecule has 3 N–H and O–H groups in total. The largest absolute Gasteiger partial charge is 0.459 e. The molecule has 1 rings (SSSR count). The van der Waals surface area contributed by atoms with Gasteiger partial charge in [0.05, 0.1) is 12.4 Å². The molecule has 0 saturated heterocycles. The number of unbranched alkanes of at least 4 members (excludes halogenated alkanes) is 9. The average molecular weight is 381 g/mol. The molecule has 0 aromatic carbocycles. The second-order valence-electron chi connectivity index (χ2n) is 7.14. The normalized spacial score (nSPS) is 13.1. The number of furan rings is 1. The quantitative estimate of drug-likeness (QED) is 0.404. The summed E-state index contributed by atoms with van der Waals surface area (Å²) in [5, 5.41) is 15.1. The molecule has 6 nitrogen and oxygen atoms in total. The molecule has 0 aliphatic carbocycles. The van der Waals surface area contributed by atoms with Gasteiger partial charge in [0.2, 0.25) is 5.91 Å². The van der Waals surface area contributed by atoms with Crippen LogP contribution < -0.4 is 10.6 Å². The van der Waals surface area contributed by atoms with E-state index in [0.29, 0.717) is 6.54 Å². The van der Waals surface area contributed by atoms with Crippen LogP contribution in [0.15, 0.2) is 22.8 Å². The smallest absolute Gasteiger partial charge is 0.287 e. The van der Waals surface area contributed by atoms with Crippen molar-refractivity contribution in [3.8, 4) is 0 Å². The molecule has 0 saturated carbocycles. The van der Waals surface area contributed by atoms with Gasteiger partial charge in [0.15, 0.2) is 5.76 Å². The molecule has 0 bridgehead atoms. The number of hydrogen-bond acceptors (Lipinski definition) is 4. The van der Waals surface area contributed by atoms with Crippen LogP contribution in [-0.4, -0.2) is 35.6 Å². The van der Waals surface area contributed by atoms with Crippen LogP contribution in [-0.2, 0) is 4.79 Å². The molecule has 2 atom stereocenters. The van der Waals surface area contributed by atoms with Gasteiger partial charge in [-0.1, -0.05) is 64.7 Å². The second-order valence-corrected chi connectivity index (χ2v) is 7.14. The van der Waals surface area contributed by atoms with Crippen molar-refractivity contribution < 1.29 is 19.1 Å². The minimum atomic E-state index is -0.995.